The molecule has 0 bridgehead atoms. The Bertz CT molecular complexity index is 675. The average Bonchev–Trinajstić information content (AvgIpc) is 2.51. The highest BCUT2D eigenvalue weighted by Gasteiger charge is 2.19. The smallest absolute Gasteiger partial charge is 0.312 e. The number of nitrogens with two attached hydrogens (primary N) is 1. The molecule has 0 radical (unpaired) electrons. The molecule has 2 rings (SSSR count). The van der Waals surface area contributed by atoms with Gasteiger partial charge in [0.05, 0.1) is 0 Å². The molecule has 0 fully saturated rings. The van der Waals surface area contributed by atoms with Crippen LogP contribution in [0.5, 0.6) is 0 Å². The molecule has 22 heavy (non-hydrogen) atoms. The van der Waals surface area contributed by atoms with Crippen LogP contribution in [0.3, 0.4) is 0 Å². The highest BCUT2D eigenvalue weighted by Crippen LogP contribution is 2.19. The second-order valence-electron chi connectivity index (χ2n) is 4.89. The third-order valence-corrected chi connectivity index (χ3v) is 3.90. The second-order valence-corrected chi connectivity index (χ2v) is 5.88. The minimum absolute atomic E-state index is 0.261. The number of primary amides is 1. The van der Waals surface area contributed by atoms with Gasteiger partial charge in [0.1, 0.15) is 6.04 Å². The summed E-state index contributed by atoms with van der Waals surface area (Å²) in [5.74, 6) is 0.499. The molecule has 0 aromatic heterocycles. The lowest BCUT2D eigenvalue weighted by Crippen LogP contribution is -2.46. The molecule has 4 N–H and O–H groups in total. The Morgan fingerprint density at radius 3 is 2.59 bits per heavy atom. The Kier molecular flexibility index (Phi) is 5.66. The van der Waals surface area contributed by atoms with E-state index in [1.807, 2.05) is 48.7 Å². The predicted molar refractivity (Wildman–Crippen MR) is 92.1 cm³/mol. The molecule has 1 atom stereocenters. The van der Waals surface area contributed by atoms with Crippen molar-refractivity contribution in [1.29, 1.82) is 0 Å². The first kappa shape index (κ1) is 16.2. The van der Waals surface area contributed by atoms with Crippen molar-refractivity contribution in [2.24, 2.45) is 5.73 Å². The molecule has 116 valence electrons. The summed E-state index contributed by atoms with van der Waals surface area (Å²) >= 11 is 1.61. The van der Waals surface area contributed by atoms with Crippen LogP contribution in [0.1, 0.15) is 6.42 Å². The summed E-state index contributed by atoms with van der Waals surface area (Å²) in [6.45, 7) is 0. The minimum Gasteiger partial charge on any atom is -0.352 e. The lowest BCUT2D eigenvalue weighted by Gasteiger charge is -2.17. The molecule has 0 saturated heterocycles. The largest absolute Gasteiger partial charge is 0.352 e. The Morgan fingerprint density at radius 2 is 1.91 bits per heavy atom. The number of amides is 3. The van der Waals surface area contributed by atoms with Crippen LogP contribution in [-0.4, -0.2) is 30.0 Å². The molecular formula is C16H19N3O2S. The minimum atomic E-state index is -0.695. The molecular weight excluding hydrogens is 298 g/mol. The molecule has 0 unspecified atom stereocenters. The van der Waals surface area contributed by atoms with Gasteiger partial charge >= 0.3 is 6.03 Å². The van der Waals surface area contributed by atoms with E-state index < -0.39 is 12.1 Å². The quantitative estimate of drug-likeness (QED) is 0.765. The van der Waals surface area contributed by atoms with Crippen molar-refractivity contribution >= 4 is 40.2 Å². The van der Waals surface area contributed by atoms with Crippen molar-refractivity contribution in [2.45, 2.75) is 12.5 Å². The number of carbonyl (C=O) groups is 2. The second kappa shape index (κ2) is 7.70. The van der Waals surface area contributed by atoms with Gasteiger partial charge in [0, 0.05) is 5.69 Å². The lowest BCUT2D eigenvalue weighted by atomic mass is 10.1. The van der Waals surface area contributed by atoms with Gasteiger partial charge in [-0.15, -0.1) is 0 Å². The first-order chi connectivity index (χ1) is 10.6. The fourth-order valence-corrected chi connectivity index (χ4v) is 2.64. The van der Waals surface area contributed by atoms with Crippen LogP contribution in [0, 0.1) is 0 Å². The number of fused-ring (bicyclic) bond motifs is 1. The molecule has 0 aliphatic carbocycles. The van der Waals surface area contributed by atoms with Crippen molar-refractivity contribution in [3.8, 4) is 0 Å². The van der Waals surface area contributed by atoms with Gasteiger partial charge in [-0.05, 0) is 41.3 Å². The molecule has 0 aliphatic heterocycles. The molecule has 0 aliphatic rings. The summed E-state index contributed by atoms with van der Waals surface area (Å²) in [6, 6.07) is 12.3. The number of rotatable bonds is 6. The summed E-state index contributed by atoms with van der Waals surface area (Å²) in [6.07, 6.45) is 2.48. The van der Waals surface area contributed by atoms with Gasteiger partial charge in [0.2, 0.25) is 5.91 Å². The zero-order valence-electron chi connectivity index (χ0n) is 12.3. The molecule has 0 saturated carbocycles. The van der Waals surface area contributed by atoms with Crippen LogP contribution in [0.15, 0.2) is 42.5 Å². The van der Waals surface area contributed by atoms with Crippen LogP contribution in [0.2, 0.25) is 0 Å². The van der Waals surface area contributed by atoms with Gasteiger partial charge in [0.15, 0.2) is 0 Å². The van der Waals surface area contributed by atoms with E-state index in [0.29, 0.717) is 12.1 Å². The highest BCUT2D eigenvalue weighted by molar-refractivity contribution is 7.98. The SMILES string of the molecule is CSCC[C@@H](NC(N)=O)C(=O)Nc1ccc2ccccc2c1. The van der Waals surface area contributed by atoms with Crippen LogP contribution in [-0.2, 0) is 4.79 Å². The summed E-state index contributed by atoms with van der Waals surface area (Å²) < 4.78 is 0. The fraction of sp³-hybridized carbons (Fsp3) is 0.250. The third-order valence-electron chi connectivity index (χ3n) is 3.26. The van der Waals surface area contributed by atoms with E-state index in [0.717, 1.165) is 16.5 Å². The zero-order chi connectivity index (χ0) is 15.9. The van der Waals surface area contributed by atoms with E-state index >= 15 is 0 Å². The molecule has 3 amide bonds. The van der Waals surface area contributed by atoms with E-state index in [-0.39, 0.29) is 5.91 Å². The van der Waals surface area contributed by atoms with Crippen LogP contribution in [0.25, 0.3) is 10.8 Å². The van der Waals surface area contributed by atoms with Gasteiger partial charge < -0.3 is 16.4 Å². The number of hydrogen-bond acceptors (Lipinski definition) is 3. The monoisotopic (exact) mass is 317 g/mol. The van der Waals surface area contributed by atoms with Crippen molar-refractivity contribution in [3.63, 3.8) is 0 Å². The summed E-state index contributed by atoms with van der Waals surface area (Å²) in [5, 5.41) is 7.47. The van der Waals surface area contributed by atoms with Crippen LogP contribution < -0.4 is 16.4 Å². The molecule has 0 heterocycles. The van der Waals surface area contributed by atoms with Crippen molar-refractivity contribution in [3.05, 3.63) is 42.5 Å². The van der Waals surface area contributed by atoms with E-state index in [1.54, 1.807) is 11.8 Å². The van der Waals surface area contributed by atoms with Gasteiger partial charge in [-0.3, -0.25) is 4.79 Å². The average molecular weight is 317 g/mol. The maximum atomic E-state index is 12.3. The van der Waals surface area contributed by atoms with Crippen LogP contribution in [0.4, 0.5) is 10.5 Å². The number of thioether (sulfide) groups is 1. The maximum absolute atomic E-state index is 12.3. The van der Waals surface area contributed by atoms with Crippen molar-refractivity contribution in [1.82, 2.24) is 5.32 Å². The Balaban J connectivity index is 2.10. The van der Waals surface area contributed by atoms with E-state index in [2.05, 4.69) is 10.6 Å². The molecule has 2 aromatic carbocycles. The van der Waals surface area contributed by atoms with Crippen LogP contribution >= 0.6 is 11.8 Å². The van der Waals surface area contributed by atoms with Gasteiger partial charge in [0.25, 0.3) is 0 Å². The standard InChI is InChI=1S/C16H19N3O2S/c1-22-9-8-14(19-16(17)21)15(20)18-13-7-6-11-4-2-3-5-12(11)10-13/h2-7,10,14H,8-9H2,1H3,(H,18,20)(H3,17,19,21)/t14-/m1/s1. The Labute approximate surface area is 133 Å². The highest BCUT2D eigenvalue weighted by atomic mass is 32.2. The Hall–Kier alpha value is -2.21. The van der Waals surface area contributed by atoms with Gasteiger partial charge in [-0.1, -0.05) is 30.3 Å². The number of urea groups is 1. The third kappa shape index (κ3) is 4.39. The lowest BCUT2D eigenvalue weighted by molar-refractivity contribution is -0.117. The molecule has 2 aromatic rings. The van der Waals surface area contributed by atoms with E-state index in [1.165, 1.54) is 0 Å². The number of hydrogen-bond donors (Lipinski definition) is 3. The van der Waals surface area contributed by atoms with Crippen molar-refractivity contribution in [2.75, 3.05) is 17.3 Å². The van der Waals surface area contributed by atoms with Gasteiger partial charge in [-0.25, -0.2) is 4.79 Å². The number of carbonyl (C=O) groups excluding carboxylic acids is 2. The summed E-state index contributed by atoms with van der Waals surface area (Å²) in [5.41, 5.74) is 5.83. The summed E-state index contributed by atoms with van der Waals surface area (Å²) in [4.78, 5) is 23.3. The van der Waals surface area contributed by atoms with Crippen molar-refractivity contribution < 1.29 is 9.59 Å². The number of benzene rings is 2. The number of anilines is 1. The van der Waals surface area contributed by atoms with E-state index in [9.17, 15) is 9.59 Å². The van der Waals surface area contributed by atoms with Gasteiger partial charge in [-0.2, -0.15) is 11.8 Å². The normalized spacial score (nSPS) is 11.9. The Morgan fingerprint density at radius 1 is 1.18 bits per heavy atom. The first-order valence-electron chi connectivity index (χ1n) is 6.94. The summed E-state index contributed by atoms with van der Waals surface area (Å²) in [7, 11) is 0. The molecule has 5 nitrogen and oxygen atoms in total. The topological polar surface area (TPSA) is 84.2 Å². The maximum Gasteiger partial charge on any atom is 0.312 e. The predicted octanol–water partition coefficient (Wildman–Crippen LogP) is 2.57. The zero-order valence-corrected chi connectivity index (χ0v) is 13.2. The number of nitrogens with one attached hydrogen (secondary N) is 2. The molecule has 0 spiro atoms. The van der Waals surface area contributed by atoms with E-state index in [4.69, 9.17) is 5.73 Å². The molecule has 6 heteroatoms. The first-order valence-corrected chi connectivity index (χ1v) is 8.34. The fourth-order valence-electron chi connectivity index (χ4n) is 2.17.